The molecule has 0 radical (unpaired) electrons. The molecule has 0 fully saturated rings. The summed E-state index contributed by atoms with van der Waals surface area (Å²) in [4.78, 5) is -0.115. The zero-order valence-corrected chi connectivity index (χ0v) is 14.6. The Bertz CT molecular complexity index is 695. The van der Waals surface area contributed by atoms with Crippen LogP contribution >= 0.6 is 15.9 Å². The number of methoxy groups -OCH3 is 1. The zero-order chi connectivity index (χ0) is 16.8. The zero-order valence-electron chi connectivity index (χ0n) is 12.2. The molecule has 0 amide bonds. The van der Waals surface area contributed by atoms with Gasteiger partial charge < -0.3 is 4.74 Å². The monoisotopic (exact) mass is 389 g/mol. The van der Waals surface area contributed by atoms with Crippen LogP contribution in [-0.2, 0) is 16.4 Å². The molecule has 0 bridgehead atoms. The van der Waals surface area contributed by atoms with Crippen LogP contribution in [0.4, 0.5) is 4.39 Å². The van der Waals surface area contributed by atoms with Crippen molar-refractivity contribution in [1.29, 1.82) is 0 Å². The van der Waals surface area contributed by atoms with Crippen molar-refractivity contribution in [2.24, 2.45) is 5.14 Å². The van der Waals surface area contributed by atoms with Crippen LogP contribution in [0.25, 0.3) is 0 Å². The molecule has 0 unspecified atom stereocenters. The molecule has 0 saturated heterocycles. The summed E-state index contributed by atoms with van der Waals surface area (Å²) >= 11 is 2.84. The first kappa shape index (κ1) is 18.6. The van der Waals surface area contributed by atoms with Crippen LogP contribution in [0.3, 0.4) is 0 Å². The maximum Gasteiger partial charge on any atom is 0.238 e. The summed E-state index contributed by atoms with van der Waals surface area (Å²) in [5.41, 5.74) is 1.35. The Morgan fingerprint density at radius 2 is 1.77 bits per heavy atom. The van der Waals surface area contributed by atoms with E-state index in [1.807, 2.05) is 12.1 Å². The first-order valence-corrected chi connectivity index (χ1v) is 8.72. The van der Waals surface area contributed by atoms with Gasteiger partial charge in [0, 0.05) is 0 Å². The molecule has 0 spiro atoms. The van der Waals surface area contributed by atoms with Crippen LogP contribution in [0.1, 0.15) is 12.5 Å². The molecule has 0 aromatic heterocycles. The maximum absolute atomic E-state index is 12.6. The number of aryl methyl sites for hydroxylation is 1. The van der Waals surface area contributed by atoms with Crippen molar-refractivity contribution in [2.45, 2.75) is 18.2 Å². The van der Waals surface area contributed by atoms with Gasteiger partial charge in [0.1, 0.15) is 11.6 Å². The largest absolute Gasteiger partial charge is 0.497 e. The average Bonchev–Trinajstić information content (AvgIpc) is 2.49. The van der Waals surface area contributed by atoms with Gasteiger partial charge in [-0.25, -0.2) is 17.9 Å². The number of primary sulfonamides is 1. The van der Waals surface area contributed by atoms with E-state index in [2.05, 4.69) is 35.0 Å². The van der Waals surface area contributed by atoms with E-state index in [1.54, 1.807) is 7.11 Å². The van der Waals surface area contributed by atoms with Crippen molar-refractivity contribution < 1.29 is 17.5 Å². The van der Waals surface area contributed by atoms with Crippen LogP contribution in [0.15, 0.2) is 51.8 Å². The van der Waals surface area contributed by atoms with E-state index in [0.717, 1.165) is 30.4 Å². The minimum absolute atomic E-state index is 0.0778. The Labute approximate surface area is 138 Å². The van der Waals surface area contributed by atoms with E-state index in [0.29, 0.717) is 0 Å². The van der Waals surface area contributed by atoms with Crippen LogP contribution in [0.2, 0.25) is 0 Å². The molecule has 2 aromatic carbocycles. The van der Waals surface area contributed by atoms with Crippen LogP contribution in [0.5, 0.6) is 5.75 Å². The van der Waals surface area contributed by atoms with Crippen molar-refractivity contribution in [3.8, 4) is 5.75 Å². The summed E-state index contributed by atoms with van der Waals surface area (Å²) in [7, 11) is -2.06. The fourth-order valence-electron chi connectivity index (χ4n) is 1.52. The van der Waals surface area contributed by atoms with E-state index in [4.69, 9.17) is 9.88 Å². The number of ether oxygens (including phenoxy) is 1. The third-order valence-electron chi connectivity index (χ3n) is 2.79. The molecule has 2 aromatic rings. The van der Waals surface area contributed by atoms with Gasteiger partial charge in [0.2, 0.25) is 10.0 Å². The second-order valence-electron chi connectivity index (χ2n) is 4.32. The summed E-state index contributed by atoms with van der Waals surface area (Å²) in [6, 6.07) is 11.4. The lowest BCUT2D eigenvalue weighted by molar-refractivity contribution is 0.414. The molecule has 0 atom stereocenters. The molecular weight excluding hydrogens is 373 g/mol. The predicted octanol–water partition coefficient (Wildman–Crippen LogP) is 3.49. The number of hydrogen-bond donors (Lipinski definition) is 1. The van der Waals surface area contributed by atoms with Gasteiger partial charge in [0.15, 0.2) is 0 Å². The highest BCUT2D eigenvalue weighted by Gasteiger charge is 2.09. The van der Waals surface area contributed by atoms with Gasteiger partial charge in [0.05, 0.1) is 16.5 Å². The Kier molecular flexibility index (Phi) is 6.99. The minimum Gasteiger partial charge on any atom is -0.497 e. The Balaban J connectivity index is 0.000000224. The smallest absolute Gasteiger partial charge is 0.238 e. The third kappa shape index (κ3) is 5.75. The van der Waals surface area contributed by atoms with Gasteiger partial charge in [-0.05, 0) is 58.2 Å². The van der Waals surface area contributed by atoms with Crippen molar-refractivity contribution in [3.05, 3.63) is 58.3 Å². The topological polar surface area (TPSA) is 69.4 Å². The van der Waals surface area contributed by atoms with Gasteiger partial charge >= 0.3 is 0 Å². The Morgan fingerprint density at radius 1 is 1.18 bits per heavy atom. The lowest BCUT2D eigenvalue weighted by Crippen LogP contribution is -2.12. The van der Waals surface area contributed by atoms with Gasteiger partial charge in [-0.1, -0.05) is 19.1 Å². The molecule has 2 N–H and O–H groups in total. The van der Waals surface area contributed by atoms with Crippen molar-refractivity contribution >= 4 is 26.0 Å². The highest BCUT2D eigenvalue weighted by Crippen LogP contribution is 2.18. The SMILES string of the molecule is CCc1ccc(OC)cc1.NS(=O)(=O)c1ccc(F)c(Br)c1. The molecular formula is C15H17BrFNO3S. The first-order valence-electron chi connectivity index (χ1n) is 6.38. The Hall–Kier alpha value is -1.44. The molecule has 0 aliphatic rings. The second-order valence-corrected chi connectivity index (χ2v) is 6.74. The van der Waals surface area contributed by atoms with Crippen molar-refractivity contribution in [2.75, 3.05) is 7.11 Å². The van der Waals surface area contributed by atoms with E-state index in [1.165, 1.54) is 5.56 Å². The lowest BCUT2D eigenvalue weighted by atomic mass is 10.2. The summed E-state index contributed by atoms with van der Waals surface area (Å²) in [5.74, 6) is 0.402. The predicted molar refractivity (Wildman–Crippen MR) is 87.8 cm³/mol. The van der Waals surface area contributed by atoms with Crippen LogP contribution in [-0.4, -0.2) is 15.5 Å². The van der Waals surface area contributed by atoms with E-state index >= 15 is 0 Å². The van der Waals surface area contributed by atoms with Crippen molar-refractivity contribution in [3.63, 3.8) is 0 Å². The quantitative estimate of drug-likeness (QED) is 0.872. The standard InChI is InChI=1S/C9H12O.C6H5BrFNO2S/c1-3-8-4-6-9(10-2)7-5-8;7-5-3-4(12(9,10)11)1-2-6(5)8/h4-7H,3H2,1-2H3;1-3H,(H2,9,10,11). The van der Waals surface area contributed by atoms with Crippen LogP contribution < -0.4 is 9.88 Å². The van der Waals surface area contributed by atoms with E-state index in [-0.39, 0.29) is 9.37 Å². The van der Waals surface area contributed by atoms with Crippen LogP contribution in [0, 0.1) is 5.82 Å². The molecule has 0 heterocycles. The number of halogens is 2. The maximum atomic E-state index is 12.6. The van der Waals surface area contributed by atoms with E-state index in [9.17, 15) is 12.8 Å². The normalized spacial score (nSPS) is 10.6. The third-order valence-corrected chi connectivity index (χ3v) is 4.31. The molecule has 0 saturated carbocycles. The highest BCUT2D eigenvalue weighted by molar-refractivity contribution is 9.10. The fraction of sp³-hybridized carbons (Fsp3) is 0.200. The number of nitrogens with two attached hydrogens (primary N) is 1. The molecule has 7 heteroatoms. The number of rotatable bonds is 3. The lowest BCUT2D eigenvalue weighted by Gasteiger charge is -1.99. The number of hydrogen-bond acceptors (Lipinski definition) is 3. The van der Waals surface area contributed by atoms with Crippen molar-refractivity contribution in [1.82, 2.24) is 0 Å². The molecule has 2 rings (SSSR count). The molecule has 0 aliphatic heterocycles. The minimum atomic E-state index is -3.74. The molecule has 0 aliphatic carbocycles. The fourth-order valence-corrected chi connectivity index (χ4v) is 2.59. The van der Waals surface area contributed by atoms with Gasteiger partial charge in [-0.15, -0.1) is 0 Å². The summed E-state index contributed by atoms with van der Waals surface area (Å²) in [6.07, 6.45) is 1.09. The summed E-state index contributed by atoms with van der Waals surface area (Å²) in [6.45, 7) is 2.14. The first-order chi connectivity index (χ1) is 10.3. The number of benzene rings is 2. The average molecular weight is 390 g/mol. The summed E-state index contributed by atoms with van der Waals surface area (Å²) in [5, 5.41) is 4.80. The molecule has 120 valence electrons. The Morgan fingerprint density at radius 3 is 2.18 bits per heavy atom. The van der Waals surface area contributed by atoms with Gasteiger partial charge in [-0.3, -0.25) is 0 Å². The molecule has 22 heavy (non-hydrogen) atoms. The van der Waals surface area contributed by atoms with E-state index < -0.39 is 15.8 Å². The number of sulfonamides is 1. The second kappa shape index (κ2) is 8.26. The molecule has 4 nitrogen and oxygen atoms in total. The van der Waals surface area contributed by atoms with Gasteiger partial charge in [-0.2, -0.15) is 0 Å². The highest BCUT2D eigenvalue weighted by atomic mass is 79.9. The van der Waals surface area contributed by atoms with Gasteiger partial charge in [0.25, 0.3) is 0 Å². The summed E-state index contributed by atoms with van der Waals surface area (Å²) < 4.78 is 39.2.